The molecule has 0 saturated heterocycles. The van der Waals surface area contributed by atoms with E-state index in [-0.39, 0.29) is 11.8 Å². The number of ether oxygens (including phenoxy) is 1. The van der Waals surface area contributed by atoms with E-state index in [2.05, 4.69) is 16.8 Å². The summed E-state index contributed by atoms with van der Waals surface area (Å²) in [6.45, 7) is 1.91. The average molecular weight is 440 g/mol. The molecule has 3 aromatic carbocycles. The van der Waals surface area contributed by atoms with Crippen molar-refractivity contribution in [2.75, 3.05) is 7.11 Å². The van der Waals surface area contributed by atoms with Gasteiger partial charge in [0.25, 0.3) is 5.91 Å². The molecule has 32 heavy (non-hydrogen) atoms. The first-order valence-corrected chi connectivity index (χ1v) is 11.0. The van der Waals surface area contributed by atoms with Gasteiger partial charge in [-0.05, 0) is 36.8 Å². The average Bonchev–Trinajstić information content (AvgIpc) is 3.15. The smallest absolute Gasteiger partial charge is 0.337 e. The molecule has 0 aromatic heterocycles. The number of methoxy groups -OCH3 is 1. The van der Waals surface area contributed by atoms with E-state index in [0.717, 1.165) is 16.7 Å². The van der Waals surface area contributed by atoms with E-state index in [0.29, 0.717) is 10.6 Å². The van der Waals surface area contributed by atoms with Crippen molar-refractivity contribution in [1.82, 2.24) is 0 Å². The number of thioether (sulfide) groups is 1. The van der Waals surface area contributed by atoms with E-state index in [1.165, 1.54) is 18.9 Å². The lowest BCUT2D eigenvalue weighted by Crippen LogP contribution is -2.34. The first kappa shape index (κ1) is 21.6. The molecule has 0 unspecified atom stereocenters. The van der Waals surface area contributed by atoms with Gasteiger partial charge in [-0.25, -0.2) is 9.79 Å². The second-order valence-corrected chi connectivity index (χ2v) is 8.92. The molecule has 0 aliphatic carbocycles. The van der Waals surface area contributed by atoms with Gasteiger partial charge in [0, 0.05) is 11.1 Å². The molecule has 1 heterocycles. The molecule has 158 valence electrons. The molecule has 1 amide bonds. The fourth-order valence-electron chi connectivity index (χ4n) is 3.50. The second kappa shape index (κ2) is 9.25. The third-order valence-corrected chi connectivity index (χ3v) is 6.66. The van der Waals surface area contributed by atoms with Crippen LogP contribution >= 0.6 is 11.8 Å². The second-order valence-electron chi connectivity index (χ2n) is 7.48. The normalized spacial score (nSPS) is 18.3. The first-order chi connectivity index (χ1) is 15.5. The van der Waals surface area contributed by atoms with Crippen LogP contribution in [0.5, 0.6) is 0 Å². The van der Waals surface area contributed by atoms with Crippen LogP contribution in [0.1, 0.15) is 39.9 Å². The van der Waals surface area contributed by atoms with Crippen molar-refractivity contribution in [1.29, 1.82) is 0 Å². The van der Waals surface area contributed by atoms with Crippen molar-refractivity contribution in [3.63, 3.8) is 0 Å². The van der Waals surface area contributed by atoms with E-state index in [1.807, 2.05) is 67.6 Å². The van der Waals surface area contributed by atoms with Crippen LogP contribution in [-0.4, -0.2) is 28.8 Å². The molecule has 3 aromatic rings. The van der Waals surface area contributed by atoms with Crippen LogP contribution in [0.2, 0.25) is 0 Å². The van der Waals surface area contributed by atoms with Gasteiger partial charge in [0.2, 0.25) is 0 Å². The van der Waals surface area contributed by atoms with Gasteiger partial charge in [-0.3, -0.25) is 4.79 Å². The highest BCUT2D eigenvalue weighted by atomic mass is 32.2. The summed E-state index contributed by atoms with van der Waals surface area (Å²) in [7, 11) is 1.35. The highest BCUT2D eigenvalue weighted by Crippen LogP contribution is 2.46. The number of nitrogens with zero attached hydrogens (tertiary/aromatic N) is 1. The van der Waals surface area contributed by atoms with Gasteiger partial charge in [0.05, 0.1) is 18.6 Å². The fraction of sp³-hybridized carbons (Fsp3) is 0.148. The van der Waals surface area contributed by atoms with Crippen molar-refractivity contribution in [3.05, 3.63) is 107 Å². The number of carbonyl (C=O) groups excluding carboxylic acids is 2. The Hall–Kier alpha value is -3.62. The van der Waals surface area contributed by atoms with Crippen molar-refractivity contribution < 1.29 is 14.3 Å². The summed E-state index contributed by atoms with van der Waals surface area (Å²) in [5.74, 6) is 5.56. The number of benzene rings is 3. The number of hydrogen-bond donors (Lipinski definition) is 0. The Morgan fingerprint density at radius 3 is 2.22 bits per heavy atom. The lowest BCUT2D eigenvalue weighted by Gasteiger charge is -2.27. The number of esters is 1. The summed E-state index contributed by atoms with van der Waals surface area (Å²) in [4.78, 5) is 29.2. The summed E-state index contributed by atoms with van der Waals surface area (Å²) in [6.07, 6.45) is 0. The maximum atomic E-state index is 13.1. The summed E-state index contributed by atoms with van der Waals surface area (Å²) in [5, 5.41) is 0.711. The zero-order chi connectivity index (χ0) is 22.6. The van der Waals surface area contributed by atoms with Crippen molar-refractivity contribution in [2.45, 2.75) is 17.6 Å². The minimum absolute atomic E-state index is 0.189. The number of rotatable bonds is 4. The molecule has 5 heteroatoms. The van der Waals surface area contributed by atoms with Crippen LogP contribution in [0, 0.1) is 11.8 Å². The van der Waals surface area contributed by atoms with Gasteiger partial charge in [-0.2, -0.15) is 0 Å². The minimum atomic E-state index is -0.856. The molecule has 4 nitrogen and oxygen atoms in total. The Bertz CT molecular complexity index is 1220. The summed E-state index contributed by atoms with van der Waals surface area (Å²) >= 11 is 1.46. The highest BCUT2D eigenvalue weighted by Gasteiger charge is 2.47. The molecule has 1 aliphatic heterocycles. The van der Waals surface area contributed by atoms with Crippen LogP contribution in [0.15, 0.2) is 89.9 Å². The van der Waals surface area contributed by atoms with E-state index < -0.39 is 10.7 Å². The number of aliphatic imine (C=N–C) groups is 1. The molecule has 0 bridgehead atoms. The molecular formula is C27H21NO3S. The molecule has 0 saturated carbocycles. The quantitative estimate of drug-likeness (QED) is 0.420. The zero-order valence-electron chi connectivity index (χ0n) is 17.7. The first-order valence-electron chi connectivity index (χ1n) is 10.1. The van der Waals surface area contributed by atoms with E-state index in [1.54, 1.807) is 24.3 Å². The standard InChI is InChI=1S/C27H21NO3S/c1-27(26(30)28-24(32-27)21-11-7-4-8-12-21)23(20-9-5-3-6-10-20)18-15-19-13-16-22(17-14-19)25(29)31-2/h3-14,16-17,23H,1-2H3/t23-,27-/m1/s1. The lowest BCUT2D eigenvalue weighted by atomic mass is 9.86. The summed E-state index contributed by atoms with van der Waals surface area (Å²) in [5.41, 5.74) is 3.10. The molecule has 0 fully saturated rings. The van der Waals surface area contributed by atoms with E-state index in [9.17, 15) is 9.59 Å². The van der Waals surface area contributed by atoms with Crippen LogP contribution in [0.3, 0.4) is 0 Å². The molecule has 0 spiro atoms. The van der Waals surface area contributed by atoms with Gasteiger partial charge in [0.15, 0.2) is 0 Å². The fourth-order valence-corrected chi connectivity index (χ4v) is 4.73. The summed E-state index contributed by atoms with van der Waals surface area (Å²) in [6, 6.07) is 26.4. The third-order valence-electron chi connectivity index (χ3n) is 5.31. The monoisotopic (exact) mass is 439 g/mol. The van der Waals surface area contributed by atoms with E-state index >= 15 is 0 Å². The largest absolute Gasteiger partial charge is 0.465 e. The van der Waals surface area contributed by atoms with Gasteiger partial charge in [-0.15, -0.1) is 0 Å². The van der Waals surface area contributed by atoms with Crippen molar-refractivity contribution >= 4 is 28.7 Å². The number of carbonyl (C=O) groups is 2. The third kappa shape index (κ3) is 4.37. The van der Waals surface area contributed by atoms with Crippen LogP contribution < -0.4 is 0 Å². The number of amides is 1. The van der Waals surface area contributed by atoms with Gasteiger partial charge >= 0.3 is 5.97 Å². The molecule has 0 radical (unpaired) electrons. The zero-order valence-corrected chi connectivity index (χ0v) is 18.6. The minimum Gasteiger partial charge on any atom is -0.465 e. The Morgan fingerprint density at radius 2 is 1.59 bits per heavy atom. The highest BCUT2D eigenvalue weighted by molar-refractivity contribution is 8.16. The Kier molecular flexibility index (Phi) is 6.25. The topological polar surface area (TPSA) is 55.7 Å². The number of hydrogen-bond acceptors (Lipinski definition) is 4. The van der Waals surface area contributed by atoms with Crippen molar-refractivity contribution in [2.24, 2.45) is 4.99 Å². The molecule has 2 atom stereocenters. The van der Waals surface area contributed by atoms with Crippen LogP contribution in [-0.2, 0) is 9.53 Å². The Balaban J connectivity index is 1.68. The predicted molar refractivity (Wildman–Crippen MR) is 128 cm³/mol. The maximum Gasteiger partial charge on any atom is 0.337 e. The van der Waals surface area contributed by atoms with Crippen LogP contribution in [0.25, 0.3) is 0 Å². The van der Waals surface area contributed by atoms with Gasteiger partial charge in [-0.1, -0.05) is 84.3 Å². The van der Waals surface area contributed by atoms with Gasteiger partial charge in [0.1, 0.15) is 9.79 Å². The Morgan fingerprint density at radius 1 is 0.969 bits per heavy atom. The predicted octanol–water partition coefficient (Wildman–Crippen LogP) is 5.09. The molecule has 4 rings (SSSR count). The SMILES string of the molecule is COC(=O)c1ccc(C#C[C@H](c2ccccc2)[C@@]2(C)SC(c3ccccc3)=NC2=O)cc1. The lowest BCUT2D eigenvalue weighted by molar-refractivity contribution is -0.119. The van der Waals surface area contributed by atoms with Crippen molar-refractivity contribution in [3.8, 4) is 11.8 Å². The Labute approximate surface area is 191 Å². The maximum absolute atomic E-state index is 13.1. The van der Waals surface area contributed by atoms with E-state index in [4.69, 9.17) is 4.74 Å². The molecule has 1 aliphatic rings. The van der Waals surface area contributed by atoms with Gasteiger partial charge < -0.3 is 4.74 Å². The molecular weight excluding hydrogens is 418 g/mol. The summed E-state index contributed by atoms with van der Waals surface area (Å²) < 4.78 is 3.89. The van der Waals surface area contributed by atoms with Crippen LogP contribution in [0.4, 0.5) is 0 Å². The molecule has 0 N–H and O–H groups in total.